The fourth-order valence-electron chi connectivity index (χ4n) is 2.71. The lowest BCUT2D eigenvalue weighted by atomic mass is 10.1. The molecule has 22 heavy (non-hydrogen) atoms. The van der Waals surface area contributed by atoms with Gasteiger partial charge in [-0.15, -0.1) is 11.3 Å². The quantitative estimate of drug-likeness (QED) is 0.873. The maximum Gasteiger partial charge on any atom is 0.350 e. The molecule has 0 saturated heterocycles. The van der Waals surface area contributed by atoms with Gasteiger partial charge in [0.05, 0.1) is 12.8 Å². The number of esters is 1. The van der Waals surface area contributed by atoms with Gasteiger partial charge in [0.2, 0.25) is 0 Å². The van der Waals surface area contributed by atoms with Gasteiger partial charge in [0.15, 0.2) is 0 Å². The number of halogens is 1. The van der Waals surface area contributed by atoms with E-state index in [1.165, 1.54) is 23.3 Å². The van der Waals surface area contributed by atoms with E-state index in [0.29, 0.717) is 10.6 Å². The summed E-state index contributed by atoms with van der Waals surface area (Å²) in [6, 6.07) is 7.86. The number of nitrogen functional groups attached to an aromatic ring is 1. The standard InChI is InChI=1S/C16H17ClN2O2S/c1-21-16(20)15-14(18)11-9-19(7-6-13(11)22-15)8-10-4-2-3-5-12(10)17/h2-5H,6-9,18H2,1H3. The molecule has 116 valence electrons. The maximum atomic E-state index is 11.7. The maximum absolute atomic E-state index is 11.7. The van der Waals surface area contributed by atoms with Crippen molar-refractivity contribution >= 4 is 34.6 Å². The summed E-state index contributed by atoms with van der Waals surface area (Å²) >= 11 is 7.68. The molecule has 0 unspecified atom stereocenters. The molecule has 1 aromatic heterocycles. The van der Waals surface area contributed by atoms with Gasteiger partial charge in [-0.1, -0.05) is 29.8 Å². The van der Waals surface area contributed by atoms with Crippen LogP contribution in [0.15, 0.2) is 24.3 Å². The molecule has 0 aliphatic carbocycles. The normalized spacial score (nSPS) is 14.6. The van der Waals surface area contributed by atoms with E-state index in [9.17, 15) is 4.79 Å². The molecule has 2 heterocycles. The number of methoxy groups -OCH3 is 1. The minimum absolute atomic E-state index is 0.352. The fraction of sp³-hybridized carbons (Fsp3) is 0.312. The van der Waals surface area contributed by atoms with Crippen LogP contribution in [0.3, 0.4) is 0 Å². The van der Waals surface area contributed by atoms with Gasteiger partial charge in [0.25, 0.3) is 0 Å². The molecule has 0 bridgehead atoms. The lowest BCUT2D eigenvalue weighted by molar-refractivity contribution is 0.0607. The minimum Gasteiger partial charge on any atom is -0.465 e. The average Bonchev–Trinajstić information content (AvgIpc) is 2.86. The van der Waals surface area contributed by atoms with Crippen LogP contribution in [0, 0.1) is 0 Å². The first-order valence-electron chi connectivity index (χ1n) is 7.04. The van der Waals surface area contributed by atoms with Crippen molar-refractivity contribution in [3.05, 3.63) is 50.2 Å². The summed E-state index contributed by atoms with van der Waals surface area (Å²) in [6.07, 6.45) is 0.894. The Bertz CT molecular complexity index is 714. The SMILES string of the molecule is COC(=O)c1sc2c(c1N)CN(Cc1ccccc1Cl)CC2. The Morgan fingerprint density at radius 1 is 1.45 bits per heavy atom. The third-order valence-electron chi connectivity index (χ3n) is 3.89. The summed E-state index contributed by atoms with van der Waals surface area (Å²) in [5.74, 6) is -0.352. The number of carbonyl (C=O) groups excluding carboxylic acids is 1. The van der Waals surface area contributed by atoms with Crippen molar-refractivity contribution in [2.24, 2.45) is 0 Å². The highest BCUT2D eigenvalue weighted by atomic mass is 35.5. The van der Waals surface area contributed by atoms with Gasteiger partial charge in [-0.05, 0) is 18.1 Å². The number of fused-ring (bicyclic) bond motifs is 1. The Hall–Kier alpha value is -1.56. The summed E-state index contributed by atoms with van der Waals surface area (Å²) in [6.45, 7) is 2.45. The molecule has 3 rings (SSSR count). The molecule has 1 aromatic carbocycles. The number of ether oxygens (including phenoxy) is 1. The van der Waals surface area contributed by atoms with Crippen LogP contribution in [0.4, 0.5) is 5.69 Å². The van der Waals surface area contributed by atoms with Gasteiger partial charge in [0.1, 0.15) is 4.88 Å². The molecule has 6 heteroatoms. The first-order valence-corrected chi connectivity index (χ1v) is 8.23. The molecule has 0 radical (unpaired) electrons. The molecule has 1 aliphatic heterocycles. The second kappa shape index (κ2) is 6.28. The summed E-state index contributed by atoms with van der Waals surface area (Å²) in [5.41, 5.74) is 8.87. The van der Waals surface area contributed by atoms with E-state index in [2.05, 4.69) is 4.90 Å². The number of carbonyl (C=O) groups is 1. The van der Waals surface area contributed by atoms with Gasteiger partial charge >= 0.3 is 5.97 Å². The first kappa shape index (κ1) is 15.3. The van der Waals surface area contributed by atoms with Gasteiger partial charge in [0, 0.05) is 35.1 Å². The van der Waals surface area contributed by atoms with E-state index < -0.39 is 0 Å². The number of nitrogens with two attached hydrogens (primary N) is 1. The summed E-state index contributed by atoms with van der Waals surface area (Å²) < 4.78 is 4.79. The zero-order valence-electron chi connectivity index (χ0n) is 12.3. The summed E-state index contributed by atoms with van der Waals surface area (Å²) in [7, 11) is 1.38. The number of hydrogen-bond donors (Lipinski definition) is 1. The Morgan fingerprint density at radius 3 is 2.95 bits per heavy atom. The molecule has 0 saturated carbocycles. The molecule has 4 nitrogen and oxygen atoms in total. The highest BCUT2D eigenvalue weighted by molar-refractivity contribution is 7.14. The Kier molecular flexibility index (Phi) is 4.38. The molecular formula is C16H17ClN2O2S. The van der Waals surface area contributed by atoms with Gasteiger partial charge in [-0.3, -0.25) is 4.90 Å². The van der Waals surface area contributed by atoms with E-state index in [1.54, 1.807) is 0 Å². The van der Waals surface area contributed by atoms with Crippen LogP contribution in [-0.4, -0.2) is 24.5 Å². The zero-order chi connectivity index (χ0) is 15.7. The number of nitrogens with zero attached hydrogens (tertiary/aromatic N) is 1. The zero-order valence-corrected chi connectivity index (χ0v) is 13.8. The topological polar surface area (TPSA) is 55.6 Å². The number of benzene rings is 1. The van der Waals surface area contributed by atoms with Crippen molar-refractivity contribution in [3.63, 3.8) is 0 Å². The third kappa shape index (κ3) is 2.84. The predicted molar refractivity (Wildman–Crippen MR) is 89.3 cm³/mol. The van der Waals surface area contributed by atoms with Gasteiger partial charge < -0.3 is 10.5 Å². The smallest absolute Gasteiger partial charge is 0.350 e. The van der Waals surface area contributed by atoms with Crippen LogP contribution in [0.25, 0.3) is 0 Å². The minimum atomic E-state index is -0.352. The number of hydrogen-bond acceptors (Lipinski definition) is 5. The monoisotopic (exact) mass is 336 g/mol. The molecule has 0 fully saturated rings. The van der Waals surface area contributed by atoms with Crippen molar-refractivity contribution in [1.82, 2.24) is 4.90 Å². The van der Waals surface area contributed by atoms with E-state index in [-0.39, 0.29) is 5.97 Å². The van der Waals surface area contributed by atoms with Crippen molar-refractivity contribution in [3.8, 4) is 0 Å². The fourth-order valence-corrected chi connectivity index (χ4v) is 4.04. The van der Waals surface area contributed by atoms with Gasteiger partial charge in [-0.2, -0.15) is 0 Å². The third-order valence-corrected chi connectivity index (χ3v) is 5.55. The first-order chi connectivity index (χ1) is 10.6. The van der Waals surface area contributed by atoms with E-state index >= 15 is 0 Å². The van der Waals surface area contributed by atoms with Crippen LogP contribution in [0.2, 0.25) is 5.02 Å². The van der Waals surface area contributed by atoms with Crippen molar-refractivity contribution < 1.29 is 9.53 Å². The predicted octanol–water partition coefficient (Wildman–Crippen LogP) is 3.33. The molecule has 0 amide bonds. The van der Waals surface area contributed by atoms with E-state index in [0.717, 1.165) is 42.2 Å². The van der Waals surface area contributed by atoms with Crippen molar-refractivity contribution in [1.29, 1.82) is 0 Å². The molecule has 1 aliphatic rings. The molecular weight excluding hydrogens is 320 g/mol. The number of thiophene rings is 1. The Labute approximate surface area is 138 Å². The molecule has 2 aromatic rings. The second-order valence-electron chi connectivity index (χ2n) is 5.29. The Balaban J connectivity index is 1.81. The molecule has 2 N–H and O–H groups in total. The second-order valence-corrected chi connectivity index (χ2v) is 6.80. The lowest BCUT2D eigenvalue weighted by Crippen LogP contribution is -2.29. The van der Waals surface area contributed by atoms with Crippen LogP contribution >= 0.6 is 22.9 Å². The van der Waals surface area contributed by atoms with E-state index in [1.807, 2.05) is 24.3 Å². The van der Waals surface area contributed by atoms with Crippen LogP contribution in [0.1, 0.15) is 25.7 Å². The molecule has 0 spiro atoms. The van der Waals surface area contributed by atoms with Crippen LogP contribution in [-0.2, 0) is 24.2 Å². The Morgan fingerprint density at radius 2 is 2.23 bits per heavy atom. The summed E-state index contributed by atoms with van der Waals surface area (Å²) in [4.78, 5) is 15.8. The lowest BCUT2D eigenvalue weighted by Gasteiger charge is -2.27. The summed E-state index contributed by atoms with van der Waals surface area (Å²) in [5, 5.41) is 0.779. The highest BCUT2D eigenvalue weighted by Crippen LogP contribution is 2.36. The van der Waals surface area contributed by atoms with Gasteiger partial charge in [-0.25, -0.2) is 4.79 Å². The highest BCUT2D eigenvalue weighted by Gasteiger charge is 2.26. The molecule has 0 atom stereocenters. The van der Waals surface area contributed by atoms with Crippen LogP contribution in [0.5, 0.6) is 0 Å². The van der Waals surface area contributed by atoms with Crippen molar-refractivity contribution in [2.75, 3.05) is 19.4 Å². The largest absolute Gasteiger partial charge is 0.465 e. The average molecular weight is 337 g/mol. The van der Waals surface area contributed by atoms with E-state index in [4.69, 9.17) is 22.1 Å². The number of anilines is 1. The number of rotatable bonds is 3. The van der Waals surface area contributed by atoms with Crippen molar-refractivity contribution in [2.45, 2.75) is 19.5 Å². The van der Waals surface area contributed by atoms with Crippen LogP contribution < -0.4 is 5.73 Å².